The maximum Gasteiger partial charge on any atom is 0.319 e. The molecule has 1 aromatic heterocycles. The Kier molecular flexibility index (Phi) is 7.52. The Morgan fingerprint density at radius 3 is 2.81 bits per heavy atom. The van der Waals surface area contributed by atoms with Gasteiger partial charge in [0, 0.05) is 35.3 Å². The third-order valence-electron chi connectivity index (χ3n) is 7.27. The summed E-state index contributed by atoms with van der Waals surface area (Å²) < 4.78 is 6.04. The van der Waals surface area contributed by atoms with Crippen LogP contribution in [0.4, 0.5) is 16.3 Å². The van der Waals surface area contributed by atoms with Crippen molar-refractivity contribution in [3.05, 3.63) is 59.7 Å². The van der Waals surface area contributed by atoms with E-state index in [9.17, 15) is 4.79 Å². The molecular weight excluding hydrogens is 565 g/mol. The molecule has 190 valence electrons. The van der Waals surface area contributed by atoms with Crippen LogP contribution in [-0.4, -0.2) is 45.7 Å². The highest BCUT2D eigenvalue weighted by molar-refractivity contribution is 14.1. The maximum atomic E-state index is 12.7. The third kappa shape index (κ3) is 5.39. The molecule has 1 aliphatic carbocycles. The number of nitrogens with zero attached hydrogens (tertiary/aromatic N) is 2. The van der Waals surface area contributed by atoms with Crippen molar-refractivity contribution in [2.24, 2.45) is 0 Å². The van der Waals surface area contributed by atoms with Gasteiger partial charge in [-0.25, -0.2) is 9.78 Å². The number of piperidine rings is 1. The van der Waals surface area contributed by atoms with Gasteiger partial charge in [0.25, 0.3) is 0 Å². The standard InChI is InChI=1S/C28H34IN5O2/c1-17(2)34-14-13-21(16-25(34)29)31-28(35)30-20-9-11-22-19(15-20)8-12-26(32-22)33-23-10-7-18-5-4-6-24(36-3)27(18)23/h4-6,8-9,11-12,15,17,21,23,25H,7,10,13-14,16H2,1-3H3,(H,32,33)(H2,30,31,35). The lowest BCUT2D eigenvalue weighted by Crippen LogP contribution is -2.50. The molecule has 0 saturated carbocycles. The number of anilines is 2. The zero-order chi connectivity index (χ0) is 25.2. The number of alkyl halides is 1. The minimum atomic E-state index is -0.152. The Morgan fingerprint density at radius 2 is 2.03 bits per heavy atom. The number of aryl methyl sites for hydroxylation is 1. The van der Waals surface area contributed by atoms with Crippen molar-refractivity contribution >= 4 is 51.0 Å². The average Bonchev–Trinajstić information content (AvgIpc) is 3.26. The van der Waals surface area contributed by atoms with Crippen LogP contribution in [0.2, 0.25) is 0 Å². The number of benzene rings is 2. The molecule has 3 aromatic rings. The average molecular weight is 600 g/mol. The van der Waals surface area contributed by atoms with Crippen LogP contribution < -0.4 is 20.7 Å². The number of nitrogens with one attached hydrogen (secondary N) is 3. The van der Waals surface area contributed by atoms with Gasteiger partial charge in [-0.15, -0.1) is 0 Å². The van der Waals surface area contributed by atoms with E-state index in [-0.39, 0.29) is 18.1 Å². The maximum absolute atomic E-state index is 12.7. The summed E-state index contributed by atoms with van der Waals surface area (Å²) in [7, 11) is 1.72. The number of aromatic nitrogens is 1. The van der Waals surface area contributed by atoms with Gasteiger partial charge in [-0.2, -0.15) is 0 Å². The number of fused-ring (bicyclic) bond motifs is 2. The lowest BCUT2D eigenvalue weighted by molar-refractivity contribution is 0.152. The van der Waals surface area contributed by atoms with E-state index in [1.807, 2.05) is 36.4 Å². The minimum absolute atomic E-state index is 0.152. The zero-order valence-electron chi connectivity index (χ0n) is 21.1. The first-order chi connectivity index (χ1) is 17.4. The largest absolute Gasteiger partial charge is 0.496 e. The fourth-order valence-electron chi connectivity index (χ4n) is 5.43. The van der Waals surface area contributed by atoms with Crippen molar-refractivity contribution in [1.29, 1.82) is 0 Å². The number of carbonyl (C=O) groups is 1. The van der Waals surface area contributed by atoms with Crippen molar-refractivity contribution in [1.82, 2.24) is 15.2 Å². The first kappa shape index (κ1) is 25.1. The van der Waals surface area contributed by atoms with Gasteiger partial charge >= 0.3 is 6.03 Å². The molecule has 36 heavy (non-hydrogen) atoms. The van der Waals surface area contributed by atoms with Gasteiger partial charge in [-0.3, -0.25) is 4.90 Å². The molecule has 8 heteroatoms. The molecule has 5 rings (SSSR count). The Hall–Kier alpha value is -2.59. The molecule has 0 bridgehead atoms. The number of rotatable bonds is 6. The molecule has 3 N–H and O–H groups in total. The van der Waals surface area contributed by atoms with Crippen molar-refractivity contribution in [3.8, 4) is 5.75 Å². The van der Waals surface area contributed by atoms with Crippen LogP contribution in [0.1, 0.15) is 50.3 Å². The summed E-state index contributed by atoms with van der Waals surface area (Å²) in [5.41, 5.74) is 4.22. The minimum Gasteiger partial charge on any atom is -0.496 e. The molecule has 3 atom stereocenters. The first-order valence-electron chi connectivity index (χ1n) is 12.7. The van der Waals surface area contributed by atoms with E-state index >= 15 is 0 Å². The van der Waals surface area contributed by atoms with E-state index < -0.39 is 0 Å². The van der Waals surface area contributed by atoms with Gasteiger partial charge < -0.3 is 20.7 Å². The Morgan fingerprint density at radius 1 is 1.17 bits per heavy atom. The van der Waals surface area contributed by atoms with Crippen LogP contribution in [-0.2, 0) is 6.42 Å². The number of urea groups is 1. The SMILES string of the molecule is COc1cccc2c1C(Nc1ccc3cc(NC(=O)NC4CCN(C(C)C)C(I)C4)ccc3n1)CC2. The molecular formula is C28H34IN5O2. The highest BCUT2D eigenvalue weighted by atomic mass is 127. The summed E-state index contributed by atoms with van der Waals surface area (Å²) in [5.74, 6) is 1.77. The number of hydrogen-bond acceptors (Lipinski definition) is 5. The molecule has 3 unspecified atom stereocenters. The molecule has 1 aliphatic heterocycles. The number of pyridine rings is 1. The van der Waals surface area contributed by atoms with Crippen LogP contribution in [0.15, 0.2) is 48.5 Å². The Labute approximate surface area is 226 Å². The fraction of sp³-hybridized carbons (Fsp3) is 0.429. The van der Waals surface area contributed by atoms with Gasteiger partial charge in [0.05, 0.1) is 22.7 Å². The molecule has 0 spiro atoms. The monoisotopic (exact) mass is 599 g/mol. The second-order valence-corrected chi connectivity index (χ2v) is 11.4. The molecule has 2 amide bonds. The Bertz CT molecular complexity index is 1250. The van der Waals surface area contributed by atoms with Crippen molar-refractivity contribution in [2.45, 2.75) is 61.7 Å². The summed E-state index contributed by atoms with van der Waals surface area (Å²) in [5, 5.41) is 10.7. The van der Waals surface area contributed by atoms with Gasteiger partial charge in [0.2, 0.25) is 0 Å². The highest BCUT2D eigenvalue weighted by Crippen LogP contribution is 2.39. The number of ether oxygens (including phenoxy) is 1. The van der Waals surface area contributed by atoms with Crippen molar-refractivity contribution < 1.29 is 9.53 Å². The quantitative estimate of drug-likeness (QED) is 0.182. The molecule has 0 radical (unpaired) electrons. The molecule has 2 aliphatic rings. The molecule has 1 fully saturated rings. The molecule has 2 heterocycles. The summed E-state index contributed by atoms with van der Waals surface area (Å²) in [6.07, 6.45) is 3.98. The topological polar surface area (TPSA) is 78.5 Å². The van der Waals surface area contributed by atoms with Crippen LogP contribution in [0.3, 0.4) is 0 Å². The van der Waals surface area contributed by atoms with Gasteiger partial charge in [-0.05, 0) is 81.5 Å². The van der Waals surface area contributed by atoms with E-state index in [0.717, 1.165) is 60.4 Å². The van der Waals surface area contributed by atoms with E-state index in [1.165, 1.54) is 11.1 Å². The van der Waals surface area contributed by atoms with E-state index in [1.54, 1.807) is 7.11 Å². The Balaban J connectivity index is 1.22. The van der Waals surface area contributed by atoms with Crippen LogP contribution in [0.25, 0.3) is 10.9 Å². The number of methoxy groups -OCH3 is 1. The van der Waals surface area contributed by atoms with E-state index in [2.05, 4.69) is 69.4 Å². The number of amides is 2. The second-order valence-electron chi connectivity index (χ2n) is 9.96. The smallest absolute Gasteiger partial charge is 0.319 e. The van der Waals surface area contributed by atoms with Crippen LogP contribution >= 0.6 is 22.6 Å². The predicted molar refractivity (Wildman–Crippen MR) is 154 cm³/mol. The normalized spacial score (nSPS) is 21.9. The summed E-state index contributed by atoms with van der Waals surface area (Å²) in [6.45, 7) is 5.46. The number of hydrogen-bond donors (Lipinski definition) is 3. The number of likely N-dealkylation sites (tertiary alicyclic amines) is 1. The first-order valence-corrected chi connectivity index (χ1v) is 14.0. The van der Waals surface area contributed by atoms with Crippen molar-refractivity contribution in [2.75, 3.05) is 24.3 Å². The van der Waals surface area contributed by atoms with Crippen LogP contribution in [0.5, 0.6) is 5.75 Å². The van der Waals surface area contributed by atoms with Gasteiger partial charge in [0.1, 0.15) is 11.6 Å². The van der Waals surface area contributed by atoms with E-state index in [4.69, 9.17) is 9.72 Å². The molecule has 1 saturated heterocycles. The number of halogens is 1. The second kappa shape index (κ2) is 10.8. The summed E-state index contributed by atoms with van der Waals surface area (Å²) >= 11 is 2.49. The van der Waals surface area contributed by atoms with Crippen LogP contribution in [0, 0.1) is 0 Å². The fourth-order valence-corrected chi connectivity index (χ4v) is 6.97. The summed E-state index contributed by atoms with van der Waals surface area (Å²) in [6, 6.07) is 16.9. The molecule has 7 nitrogen and oxygen atoms in total. The highest BCUT2D eigenvalue weighted by Gasteiger charge is 2.29. The number of carbonyl (C=O) groups excluding carboxylic acids is 1. The van der Waals surface area contributed by atoms with E-state index in [0.29, 0.717) is 10.1 Å². The molecule has 2 aromatic carbocycles. The summed E-state index contributed by atoms with van der Waals surface area (Å²) in [4.78, 5) is 20.0. The van der Waals surface area contributed by atoms with Gasteiger partial charge in [0.15, 0.2) is 0 Å². The predicted octanol–water partition coefficient (Wildman–Crippen LogP) is 6.10. The lowest BCUT2D eigenvalue weighted by Gasteiger charge is -2.39. The zero-order valence-corrected chi connectivity index (χ0v) is 23.2. The van der Waals surface area contributed by atoms with Crippen molar-refractivity contribution in [3.63, 3.8) is 0 Å². The third-order valence-corrected chi connectivity index (χ3v) is 8.49. The lowest BCUT2D eigenvalue weighted by atomic mass is 10.0. The van der Waals surface area contributed by atoms with Gasteiger partial charge in [-0.1, -0.05) is 34.7 Å².